The van der Waals surface area contributed by atoms with Gasteiger partial charge in [-0.3, -0.25) is 0 Å². The van der Waals surface area contributed by atoms with E-state index in [2.05, 4.69) is 35.2 Å². The van der Waals surface area contributed by atoms with E-state index in [0.717, 1.165) is 24.2 Å². The highest BCUT2D eigenvalue weighted by molar-refractivity contribution is 5.61. The molecule has 4 aromatic heterocycles. The third-order valence-electron chi connectivity index (χ3n) is 5.43. The van der Waals surface area contributed by atoms with E-state index in [1.165, 1.54) is 6.20 Å². The summed E-state index contributed by atoms with van der Waals surface area (Å²) in [5, 5.41) is 3.13. The Morgan fingerprint density at radius 1 is 1.19 bits per heavy atom. The number of anilines is 2. The Labute approximate surface area is 180 Å². The van der Waals surface area contributed by atoms with Gasteiger partial charge in [-0.1, -0.05) is 12.8 Å². The molecule has 4 heterocycles. The molecule has 0 unspecified atom stereocenters. The summed E-state index contributed by atoms with van der Waals surface area (Å²) in [5.74, 6) is 0.743. The number of aromatic nitrogens is 7. The minimum absolute atomic E-state index is 0.00529. The van der Waals surface area contributed by atoms with E-state index in [9.17, 15) is 13.2 Å². The number of nitrogens with one attached hydrogen (secondary N) is 2. The second-order valence-electron chi connectivity index (χ2n) is 7.92. The molecule has 1 aliphatic rings. The lowest BCUT2D eigenvalue weighted by Gasteiger charge is -2.18. The van der Waals surface area contributed by atoms with E-state index in [1.54, 1.807) is 6.20 Å². The molecule has 0 radical (unpaired) electrons. The van der Waals surface area contributed by atoms with Crippen molar-refractivity contribution in [3.8, 4) is 11.4 Å². The van der Waals surface area contributed by atoms with Crippen LogP contribution in [0.25, 0.3) is 16.9 Å². The summed E-state index contributed by atoms with van der Waals surface area (Å²) >= 11 is 0. The van der Waals surface area contributed by atoms with Crippen LogP contribution in [-0.4, -0.2) is 34.3 Å². The summed E-state index contributed by atoms with van der Waals surface area (Å²) in [6, 6.07) is 3.27. The Kier molecular flexibility index (Phi) is 4.72. The number of halogens is 3. The number of imidazole rings is 2. The lowest BCUT2D eigenvalue weighted by atomic mass is 10.1. The lowest BCUT2D eigenvalue weighted by Crippen LogP contribution is -2.16. The number of pyridine rings is 1. The van der Waals surface area contributed by atoms with Gasteiger partial charge in [-0.2, -0.15) is 28.1 Å². The minimum Gasteiger partial charge on any atom is -0.368 e. The molecule has 1 atom stereocenters. The molecular formula is C20H20F3N9. The first-order chi connectivity index (χ1) is 15.3. The van der Waals surface area contributed by atoms with Crippen LogP contribution in [0.3, 0.4) is 0 Å². The molecule has 0 bridgehead atoms. The molecule has 0 saturated heterocycles. The summed E-state index contributed by atoms with van der Waals surface area (Å²) in [6.07, 6.45) is 2.96. The Morgan fingerprint density at radius 2 is 2.00 bits per heavy atom. The molecule has 0 aromatic carbocycles. The van der Waals surface area contributed by atoms with Crippen molar-refractivity contribution in [3.63, 3.8) is 0 Å². The van der Waals surface area contributed by atoms with Gasteiger partial charge < -0.3 is 20.4 Å². The van der Waals surface area contributed by atoms with Gasteiger partial charge in [0, 0.05) is 11.8 Å². The highest BCUT2D eigenvalue weighted by Gasteiger charge is 2.36. The monoisotopic (exact) mass is 443 g/mol. The van der Waals surface area contributed by atoms with Crippen LogP contribution in [0.1, 0.15) is 42.6 Å². The molecule has 0 aliphatic heterocycles. The summed E-state index contributed by atoms with van der Waals surface area (Å²) in [7, 11) is 0. The fourth-order valence-electron chi connectivity index (χ4n) is 3.60. The van der Waals surface area contributed by atoms with Crippen molar-refractivity contribution in [2.75, 3.05) is 11.1 Å². The van der Waals surface area contributed by atoms with Crippen LogP contribution in [0, 0.1) is 12.8 Å². The van der Waals surface area contributed by atoms with Crippen LogP contribution >= 0.6 is 0 Å². The zero-order valence-corrected chi connectivity index (χ0v) is 17.1. The first-order valence-electron chi connectivity index (χ1n) is 10.1. The van der Waals surface area contributed by atoms with Gasteiger partial charge >= 0.3 is 6.18 Å². The Hall–Kier alpha value is -3.70. The minimum atomic E-state index is -4.54. The normalized spacial score (nSPS) is 15.2. The molecule has 4 N–H and O–H groups in total. The number of rotatable bonds is 6. The van der Waals surface area contributed by atoms with Gasteiger partial charge in [0.2, 0.25) is 17.7 Å². The van der Waals surface area contributed by atoms with Gasteiger partial charge in [-0.25, -0.2) is 9.97 Å². The van der Waals surface area contributed by atoms with E-state index in [-0.39, 0.29) is 11.9 Å². The van der Waals surface area contributed by atoms with E-state index in [4.69, 9.17) is 5.73 Å². The summed E-state index contributed by atoms with van der Waals surface area (Å²) in [4.78, 5) is 23.0. The van der Waals surface area contributed by atoms with Crippen LogP contribution in [0.5, 0.6) is 0 Å². The van der Waals surface area contributed by atoms with E-state index in [1.807, 2.05) is 29.7 Å². The quantitative estimate of drug-likeness (QED) is 0.414. The topological polar surface area (TPSA) is 123 Å². The number of fused-ring (bicyclic) bond motifs is 1. The number of nitrogens with zero attached hydrogens (tertiary/aromatic N) is 6. The van der Waals surface area contributed by atoms with Crippen LogP contribution < -0.4 is 11.1 Å². The SMILES string of the molecule is Cc1ncc2ccc(-c3nc(N)nc(N[C@@H](CC4CC4)c4cnc(C(F)(F)F)[nH]4)n3)cn12. The third kappa shape index (κ3) is 4.07. The van der Waals surface area contributed by atoms with Gasteiger partial charge in [-0.15, -0.1) is 0 Å². The highest BCUT2D eigenvalue weighted by atomic mass is 19.4. The van der Waals surface area contributed by atoms with Gasteiger partial charge in [0.15, 0.2) is 5.82 Å². The van der Waals surface area contributed by atoms with Crippen LogP contribution in [0.2, 0.25) is 0 Å². The van der Waals surface area contributed by atoms with Crippen LogP contribution in [0.4, 0.5) is 25.1 Å². The second-order valence-corrected chi connectivity index (χ2v) is 7.92. The van der Waals surface area contributed by atoms with E-state index < -0.39 is 18.0 Å². The Balaban J connectivity index is 1.46. The Morgan fingerprint density at radius 3 is 2.72 bits per heavy atom. The number of alkyl halides is 3. The van der Waals surface area contributed by atoms with Gasteiger partial charge in [-0.05, 0) is 31.4 Å². The molecule has 1 aliphatic carbocycles. The zero-order valence-electron chi connectivity index (χ0n) is 17.1. The number of H-pyrrole nitrogens is 1. The van der Waals surface area contributed by atoms with E-state index >= 15 is 0 Å². The van der Waals surface area contributed by atoms with Crippen LogP contribution in [0.15, 0.2) is 30.7 Å². The predicted molar refractivity (Wildman–Crippen MR) is 110 cm³/mol. The first-order valence-corrected chi connectivity index (χ1v) is 10.1. The molecule has 0 amide bonds. The van der Waals surface area contributed by atoms with Gasteiger partial charge in [0.1, 0.15) is 5.82 Å². The summed E-state index contributed by atoms with van der Waals surface area (Å²) in [6.45, 7) is 1.88. The highest BCUT2D eigenvalue weighted by Crippen LogP contribution is 2.39. The molecule has 9 nitrogen and oxygen atoms in total. The molecule has 4 aromatic rings. The number of aromatic amines is 1. The summed E-state index contributed by atoms with van der Waals surface area (Å²) < 4.78 is 40.9. The fraction of sp³-hybridized carbons (Fsp3) is 0.350. The maximum atomic E-state index is 13.0. The molecule has 1 saturated carbocycles. The molecule has 1 fully saturated rings. The number of hydrogen-bond acceptors (Lipinski definition) is 7. The van der Waals surface area contributed by atoms with Gasteiger partial charge in [0.25, 0.3) is 0 Å². The number of aryl methyl sites for hydroxylation is 1. The maximum Gasteiger partial charge on any atom is 0.449 e. The van der Waals surface area contributed by atoms with Crippen molar-refractivity contribution in [2.24, 2.45) is 5.92 Å². The molecular weight excluding hydrogens is 423 g/mol. The van der Waals surface area contributed by atoms with Crippen molar-refractivity contribution < 1.29 is 13.2 Å². The molecule has 12 heteroatoms. The van der Waals surface area contributed by atoms with Crippen LogP contribution in [-0.2, 0) is 6.18 Å². The average Bonchev–Trinajstić information content (AvgIpc) is 3.27. The Bertz CT molecular complexity index is 1270. The van der Waals surface area contributed by atoms with Crippen molar-refractivity contribution in [1.29, 1.82) is 0 Å². The van der Waals surface area contributed by atoms with Gasteiger partial charge in [0.05, 0.1) is 29.6 Å². The number of hydrogen-bond donors (Lipinski definition) is 3. The lowest BCUT2D eigenvalue weighted by molar-refractivity contribution is -0.144. The first kappa shape index (κ1) is 20.2. The van der Waals surface area contributed by atoms with E-state index in [0.29, 0.717) is 29.4 Å². The second kappa shape index (κ2) is 7.46. The smallest absolute Gasteiger partial charge is 0.368 e. The predicted octanol–water partition coefficient (Wildman–Crippen LogP) is 3.77. The number of nitrogens with two attached hydrogens (primary N) is 1. The third-order valence-corrected chi connectivity index (χ3v) is 5.43. The fourth-order valence-corrected chi connectivity index (χ4v) is 3.60. The standard InChI is InChI=1S/C20H20F3N9/c1-10-25-7-13-5-4-12(9-32(10)13)16-29-18(24)31-19(30-16)28-14(6-11-2-3-11)15-8-26-17(27-15)20(21,22)23/h4-5,7-9,11,14H,2-3,6H2,1H3,(H,26,27)(H3,24,28,29,30,31)/t14-/m0/s1. The maximum absolute atomic E-state index is 13.0. The van der Waals surface area contributed by atoms with Crippen molar-refractivity contribution in [2.45, 2.75) is 38.4 Å². The zero-order chi connectivity index (χ0) is 22.5. The largest absolute Gasteiger partial charge is 0.449 e. The molecule has 5 rings (SSSR count). The summed E-state index contributed by atoms with van der Waals surface area (Å²) in [5.41, 5.74) is 7.87. The molecule has 0 spiro atoms. The average molecular weight is 443 g/mol. The molecule has 166 valence electrons. The van der Waals surface area contributed by atoms with Crippen molar-refractivity contribution in [1.82, 2.24) is 34.3 Å². The molecule has 32 heavy (non-hydrogen) atoms. The van der Waals surface area contributed by atoms with Crippen molar-refractivity contribution in [3.05, 3.63) is 48.1 Å². The van der Waals surface area contributed by atoms with Crippen molar-refractivity contribution >= 4 is 17.4 Å². The number of nitrogen functional groups attached to an aromatic ring is 1.